The largest absolute Gasteiger partial charge is 0.340 e. The highest BCUT2D eigenvalue weighted by Crippen LogP contribution is 2.19. The van der Waals surface area contributed by atoms with Crippen LogP contribution < -0.4 is 0 Å². The van der Waals surface area contributed by atoms with Gasteiger partial charge in [-0.3, -0.25) is 19.5 Å². The van der Waals surface area contributed by atoms with Crippen LogP contribution in [-0.2, 0) is 11.3 Å². The summed E-state index contributed by atoms with van der Waals surface area (Å²) in [6.07, 6.45) is 2.38. The fourth-order valence-electron chi connectivity index (χ4n) is 3.95. The number of amides is 1. The van der Waals surface area contributed by atoms with Gasteiger partial charge in [0.2, 0.25) is 5.91 Å². The molecule has 4 rings (SSSR count). The fraction of sp³-hybridized carbons (Fsp3) is 0.320. The molecule has 154 valence electrons. The first-order chi connectivity index (χ1) is 14.6. The zero-order chi connectivity index (χ0) is 20.9. The second-order valence-corrected chi connectivity index (χ2v) is 7.94. The van der Waals surface area contributed by atoms with Crippen LogP contribution in [0.1, 0.15) is 34.3 Å². The molecule has 1 fully saturated rings. The summed E-state index contributed by atoms with van der Waals surface area (Å²) in [5.41, 5.74) is 4.08. The van der Waals surface area contributed by atoms with Gasteiger partial charge in [-0.2, -0.15) is 0 Å². The number of hydrogen-bond donors (Lipinski definition) is 0. The van der Waals surface area contributed by atoms with Crippen molar-refractivity contribution in [3.05, 3.63) is 77.5 Å². The third-order valence-electron chi connectivity index (χ3n) is 5.77. The van der Waals surface area contributed by atoms with E-state index in [-0.39, 0.29) is 24.5 Å². The lowest BCUT2D eigenvalue weighted by Gasteiger charge is -2.35. The number of Topliss-reactive ketones (excluding diaryl/α,β-unsaturated/α-hetero) is 1. The number of para-hydroxylation sites is 1. The van der Waals surface area contributed by atoms with E-state index in [0.29, 0.717) is 18.7 Å². The lowest BCUT2D eigenvalue weighted by molar-refractivity contribution is -0.132. The van der Waals surface area contributed by atoms with Gasteiger partial charge < -0.3 is 4.90 Å². The monoisotopic (exact) mass is 401 g/mol. The van der Waals surface area contributed by atoms with Gasteiger partial charge in [-0.05, 0) is 18.6 Å². The van der Waals surface area contributed by atoms with Crippen LogP contribution in [0.2, 0.25) is 0 Å². The summed E-state index contributed by atoms with van der Waals surface area (Å²) in [4.78, 5) is 33.7. The number of aryl methyl sites for hydroxylation is 1. The molecule has 0 bridgehead atoms. The van der Waals surface area contributed by atoms with Crippen LogP contribution >= 0.6 is 0 Å². The number of benzene rings is 2. The summed E-state index contributed by atoms with van der Waals surface area (Å²) in [6.45, 7) is 5.91. The Morgan fingerprint density at radius 1 is 0.900 bits per heavy atom. The Morgan fingerprint density at radius 3 is 2.40 bits per heavy atom. The van der Waals surface area contributed by atoms with Crippen LogP contribution in [0.5, 0.6) is 0 Å². The van der Waals surface area contributed by atoms with Crippen LogP contribution in [0.3, 0.4) is 0 Å². The summed E-state index contributed by atoms with van der Waals surface area (Å²) in [5.74, 6) is 0.104. The second-order valence-electron chi connectivity index (χ2n) is 7.94. The molecule has 0 unspecified atom stereocenters. The van der Waals surface area contributed by atoms with Gasteiger partial charge in [0.05, 0.1) is 5.52 Å². The van der Waals surface area contributed by atoms with E-state index in [0.717, 1.165) is 36.1 Å². The van der Waals surface area contributed by atoms with Crippen molar-refractivity contribution in [2.75, 3.05) is 26.2 Å². The first kappa shape index (κ1) is 20.2. The molecule has 1 aromatic heterocycles. The molecule has 5 heteroatoms. The molecule has 3 aromatic rings. The van der Waals surface area contributed by atoms with E-state index >= 15 is 0 Å². The smallest absolute Gasteiger partial charge is 0.223 e. The van der Waals surface area contributed by atoms with Crippen molar-refractivity contribution in [1.29, 1.82) is 0 Å². The van der Waals surface area contributed by atoms with Crippen molar-refractivity contribution in [3.8, 4) is 0 Å². The first-order valence-electron chi connectivity index (χ1n) is 10.5. The average Bonchev–Trinajstić information content (AvgIpc) is 2.78. The van der Waals surface area contributed by atoms with Crippen molar-refractivity contribution in [1.82, 2.24) is 14.8 Å². The Labute approximate surface area is 177 Å². The Kier molecular flexibility index (Phi) is 6.19. The maximum absolute atomic E-state index is 12.6. The third kappa shape index (κ3) is 4.74. The lowest BCUT2D eigenvalue weighted by Crippen LogP contribution is -2.48. The molecule has 0 saturated carbocycles. The number of fused-ring (bicyclic) bond motifs is 1. The van der Waals surface area contributed by atoms with Crippen LogP contribution in [-0.4, -0.2) is 52.7 Å². The van der Waals surface area contributed by atoms with Gasteiger partial charge in [0.15, 0.2) is 5.78 Å². The fourth-order valence-corrected chi connectivity index (χ4v) is 3.95. The van der Waals surface area contributed by atoms with Crippen LogP contribution in [0.4, 0.5) is 0 Å². The molecule has 1 amide bonds. The molecule has 2 aromatic carbocycles. The number of rotatable bonds is 6. The molecule has 0 aliphatic carbocycles. The predicted octanol–water partition coefficient (Wildman–Crippen LogP) is 3.85. The number of nitrogens with zero attached hydrogens (tertiary/aromatic N) is 3. The van der Waals surface area contributed by atoms with E-state index in [9.17, 15) is 9.59 Å². The van der Waals surface area contributed by atoms with Gasteiger partial charge in [0.1, 0.15) is 0 Å². The molecule has 1 aliphatic rings. The number of ketones is 1. The molecule has 2 heterocycles. The Balaban J connectivity index is 1.27. The molecule has 0 N–H and O–H groups in total. The second kappa shape index (κ2) is 9.18. The van der Waals surface area contributed by atoms with E-state index in [2.05, 4.69) is 34.1 Å². The van der Waals surface area contributed by atoms with Gasteiger partial charge in [-0.15, -0.1) is 0 Å². The van der Waals surface area contributed by atoms with Crippen molar-refractivity contribution in [2.45, 2.75) is 26.3 Å². The molecular weight excluding hydrogens is 374 g/mol. The van der Waals surface area contributed by atoms with E-state index in [1.165, 1.54) is 5.56 Å². The van der Waals surface area contributed by atoms with Crippen LogP contribution in [0.15, 0.2) is 60.8 Å². The number of carbonyl (C=O) groups is 2. The molecule has 0 radical (unpaired) electrons. The summed E-state index contributed by atoms with van der Waals surface area (Å²) in [6, 6.07) is 17.9. The number of hydrogen-bond acceptors (Lipinski definition) is 4. The zero-order valence-corrected chi connectivity index (χ0v) is 17.4. The quantitative estimate of drug-likeness (QED) is 0.589. The van der Waals surface area contributed by atoms with E-state index in [1.807, 2.05) is 48.4 Å². The summed E-state index contributed by atoms with van der Waals surface area (Å²) < 4.78 is 0. The standard InChI is InChI=1S/C25H27N3O2/c1-19-7-9-20(10-8-19)23(29)11-12-24(30)28-16-14-27(15-17-28)18-22-5-2-4-21-6-3-13-26-25(21)22/h2-10,13H,11-12,14-18H2,1H3. The van der Waals surface area contributed by atoms with Crippen LogP contribution in [0, 0.1) is 6.92 Å². The third-order valence-corrected chi connectivity index (χ3v) is 5.77. The SMILES string of the molecule is Cc1ccc(C(=O)CCC(=O)N2CCN(Cc3cccc4cccnc34)CC2)cc1. The number of piperazine rings is 1. The maximum atomic E-state index is 12.6. The van der Waals surface area contributed by atoms with E-state index < -0.39 is 0 Å². The Morgan fingerprint density at radius 2 is 1.63 bits per heavy atom. The van der Waals surface area contributed by atoms with Gasteiger partial charge >= 0.3 is 0 Å². The highest BCUT2D eigenvalue weighted by molar-refractivity contribution is 5.98. The summed E-state index contributed by atoms with van der Waals surface area (Å²) >= 11 is 0. The minimum atomic E-state index is 0.0328. The Hall–Kier alpha value is -3.05. The van der Waals surface area contributed by atoms with Crippen LogP contribution in [0.25, 0.3) is 10.9 Å². The van der Waals surface area contributed by atoms with Gasteiger partial charge in [-0.25, -0.2) is 0 Å². The number of aromatic nitrogens is 1. The first-order valence-corrected chi connectivity index (χ1v) is 10.5. The zero-order valence-electron chi connectivity index (χ0n) is 17.4. The molecule has 0 spiro atoms. The van der Waals surface area contributed by atoms with Gasteiger partial charge in [0, 0.05) is 62.7 Å². The van der Waals surface area contributed by atoms with Crippen molar-refractivity contribution < 1.29 is 9.59 Å². The molecule has 1 saturated heterocycles. The average molecular weight is 402 g/mol. The van der Waals surface area contributed by atoms with Crippen molar-refractivity contribution >= 4 is 22.6 Å². The number of pyridine rings is 1. The van der Waals surface area contributed by atoms with Crippen molar-refractivity contribution in [2.24, 2.45) is 0 Å². The molecule has 30 heavy (non-hydrogen) atoms. The van der Waals surface area contributed by atoms with Gasteiger partial charge in [0.25, 0.3) is 0 Å². The van der Waals surface area contributed by atoms with Gasteiger partial charge in [-0.1, -0.05) is 54.1 Å². The lowest BCUT2D eigenvalue weighted by atomic mass is 10.0. The Bertz CT molecular complexity index is 1030. The summed E-state index contributed by atoms with van der Waals surface area (Å²) in [7, 11) is 0. The molecule has 0 atom stereocenters. The van der Waals surface area contributed by atoms with Crippen molar-refractivity contribution in [3.63, 3.8) is 0 Å². The normalized spacial score (nSPS) is 14.8. The summed E-state index contributed by atoms with van der Waals surface area (Å²) in [5, 5.41) is 1.15. The highest BCUT2D eigenvalue weighted by atomic mass is 16.2. The maximum Gasteiger partial charge on any atom is 0.223 e. The molecular formula is C25H27N3O2. The highest BCUT2D eigenvalue weighted by Gasteiger charge is 2.22. The predicted molar refractivity (Wildman–Crippen MR) is 118 cm³/mol. The molecule has 1 aliphatic heterocycles. The number of carbonyl (C=O) groups excluding carboxylic acids is 2. The van der Waals surface area contributed by atoms with E-state index in [1.54, 1.807) is 0 Å². The van der Waals surface area contributed by atoms with E-state index in [4.69, 9.17) is 0 Å². The topological polar surface area (TPSA) is 53.5 Å². The minimum Gasteiger partial charge on any atom is -0.340 e. The minimum absolute atomic E-state index is 0.0328. The molecule has 5 nitrogen and oxygen atoms in total.